The Morgan fingerprint density at radius 1 is 1.08 bits per heavy atom. The van der Waals surface area contributed by atoms with E-state index in [2.05, 4.69) is 19.1 Å². The molecule has 26 heavy (non-hydrogen) atoms. The monoisotopic (exact) mass is 358 g/mol. The molecule has 4 nitrogen and oxygen atoms in total. The van der Waals surface area contributed by atoms with E-state index in [0.717, 1.165) is 37.2 Å². The van der Waals surface area contributed by atoms with Crippen molar-refractivity contribution in [3.63, 3.8) is 0 Å². The van der Waals surface area contributed by atoms with Crippen LogP contribution in [0.25, 0.3) is 0 Å². The molecular weight excluding hydrogens is 328 g/mol. The summed E-state index contributed by atoms with van der Waals surface area (Å²) in [5.41, 5.74) is 3.01. The highest BCUT2D eigenvalue weighted by atomic mass is 16.5. The van der Waals surface area contributed by atoms with Gasteiger partial charge in [0.05, 0.1) is 14.2 Å². The number of fused-ring (bicyclic) bond motifs is 5. The second-order valence-corrected chi connectivity index (χ2v) is 8.54. The molecule has 0 saturated heterocycles. The number of hydrogen-bond acceptors (Lipinski definition) is 4. The van der Waals surface area contributed by atoms with Crippen LogP contribution in [0.15, 0.2) is 12.1 Å². The molecule has 0 bridgehead atoms. The maximum absolute atomic E-state index is 11.5. The predicted molar refractivity (Wildman–Crippen MR) is 99.7 cm³/mol. The quantitative estimate of drug-likeness (QED) is 0.747. The predicted octanol–water partition coefficient (Wildman–Crippen LogP) is 4.49. The van der Waals surface area contributed by atoms with Crippen molar-refractivity contribution < 1.29 is 19.0 Å². The Labute approximate surface area is 156 Å². The summed E-state index contributed by atoms with van der Waals surface area (Å²) in [6, 6.07) is 4.39. The van der Waals surface area contributed by atoms with Crippen molar-refractivity contribution >= 4 is 5.97 Å². The van der Waals surface area contributed by atoms with E-state index >= 15 is 0 Å². The third-order valence-corrected chi connectivity index (χ3v) is 7.45. The molecule has 0 aromatic heterocycles. The van der Waals surface area contributed by atoms with Crippen molar-refractivity contribution in [3.8, 4) is 11.5 Å². The number of benzene rings is 1. The SMILES string of the molecule is COc1cc2c(cc1OC)[C@H]1CC[C@]3(C)[C@@H](OC(C)=O)CC[C@H]3[C@@H]1CC2. The fourth-order valence-electron chi connectivity index (χ4n) is 6.24. The van der Waals surface area contributed by atoms with Crippen LogP contribution in [0, 0.1) is 17.3 Å². The van der Waals surface area contributed by atoms with E-state index in [1.54, 1.807) is 21.1 Å². The third kappa shape index (κ3) is 2.60. The van der Waals surface area contributed by atoms with Gasteiger partial charge in [0.2, 0.25) is 0 Å². The number of carbonyl (C=O) groups is 1. The second-order valence-electron chi connectivity index (χ2n) is 8.54. The Kier molecular flexibility index (Phi) is 4.40. The molecule has 0 heterocycles. The van der Waals surface area contributed by atoms with Crippen LogP contribution in [-0.2, 0) is 16.0 Å². The molecule has 2 saturated carbocycles. The van der Waals surface area contributed by atoms with E-state index in [1.165, 1.54) is 24.0 Å². The number of rotatable bonds is 3. The molecule has 0 unspecified atom stereocenters. The Bertz CT molecular complexity index is 712. The average Bonchev–Trinajstić information content (AvgIpc) is 2.96. The normalized spacial score (nSPS) is 35.1. The number of carbonyl (C=O) groups excluding carboxylic acids is 1. The number of ether oxygens (including phenoxy) is 3. The molecular formula is C22H30O4. The molecule has 3 aliphatic rings. The van der Waals surface area contributed by atoms with Gasteiger partial charge < -0.3 is 14.2 Å². The molecule has 4 heteroatoms. The van der Waals surface area contributed by atoms with Crippen molar-refractivity contribution in [1.82, 2.24) is 0 Å². The van der Waals surface area contributed by atoms with E-state index in [0.29, 0.717) is 17.8 Å². The molecule has 1 aromatic carbocycles. The van der Waals surface area contributed by atoms with Crippen LogP contribution < -0.4 is 9.47 Å². The lowest BCUT2D eigenvalue weighted by atomic mass is 9.55. The van der Waals surface area contributed by atoms with Crippen molar-refractivity contribution in [2.24, 2.45) is 17.3 Å². The molecule has 0 N–H and O–H groups in total. The molecule has 0 aliphatic heterocycles. The van der Waals surface area contributed by atoms with Gasteiger partial charge in [-0.1, -0.05) is 6.92 Å². The first kappa shape index (κ1) is 17.7. The molecule has 2 fully saturated rings. The van der Waals surface area contributed by atoms with Gasteiger partial charge in [0.1, 0.15) is 6.10 Å². The summed E-state index contributed by atoms with van der Waals surface area (Å²) < 4.78 is 16.8. The molecule has 142 valence electrons. The van der Waals surface area contributed by atoms with E-state index in [4.69, 9.17) is 14.2 Å². The smallest absolute Gasteiger partial charge is 0.302 e. The standard InChI is InChI=1S/C22H30O4/c1-13(23)26-21-8-7-18-16-6-5-14-11-19(24-3)20(25-4)12-17(14)15(16)9-10-22(18,21)2/h11-12,15-16,18,21H,5-10H2,1-4H3/t15-,16+,18-,21-,22-/m0/s1. The summed E-state index contributed by atoms with van der Waals surface area (Å²) >= 11 is 0. The van der Waals surface area contributed by atoms with Crippen LogP contribution in [0.1, 0.15) is 63.0 Å². The highest BCUT2D eigenvalue weighted by Gasteiger charge is 2.56. The minimum Gasteiger partial charge on any atom is -0.493 e. The lowest BCUT2D eigenvalue weighted by Crippen LogP contribution is -2.45. The zero-order valence-corrected chi connectivity index (χ0v) is 16.3. The van der Waals surface area contributed by atoms with Crippen molar-refractivity contribution in [1.29, 1.82) is 0 Å². The number of hydrogen-bond donors (Lipinski definition) is 0. The zero-order chi connectivity index (χ0) is 18.5. The van der Waals surface area contributed by atoms with Gasteiger partial charge in [-0.2, -0.15) is 0 Å². The molecule has 4 rings (SSSR count). The lowest BCUT2D eigenvalue weighted by molar-refractivity contribution is -0.154. The third-order valence-electron chi connectivity index (χ3n) is 7.45. The van der Waals surface area contributed by atoms with Crippen molar-refractivity contribution in [2.75, 3.05) is 14.2 Å². The van der Waals surface area contributed by atoms with Gasteiger partial charge in [-0.3, -0.25) is 4.79 Å². The molecule has 0 spiro atoms. The molecule has 0 radical (unpaired) electrons. The van der Waals surface area contributed by atoms with Gasteiger partial charge >= 0.3 is 5.97 Å². The highest BCUT2D eigenvalue weighted by Crippen LogP contribution is 2.62. The van der Waals surface area contributed by atoms with Crippen LogP contribution >= 0.6 is 0 Å². The first-order chi connectivity index (χ1) is 12.5. The summed E-state index contributed by atoms with van der Waals surface area (Å²) in [6.07, 6.45) is 6.91. The zero-order valence-electron chi connectivity index (χ0n) is 16.3. The first-order valence-corrected chi connectivity index (χ1v) is 9.90. The second kappa shape index (κ2) is 6.47. The Balaban J connectivity index is 1.65. The van der Waals surface area contributed by atoms with Gasteiger partial charge in [0.15, 0.2) is 11.5 Å². The van der Waals surface area contributed by atoms with Crippen LogP contribution in [0.4, 0.5) is 0 Å². The van der Waals surface area contributed by atoms with Gasteiger partial charge in [-0.25, -0.2) is 0 Å². The van der Waals surface area contributed by atoms with Crippen molar-refractivity contribution in [3.05, 3.63) is 23.3 Å². The molecule has 3 aliphatic carbocycles. The summed E-state index contributed by atoms with van der Waals surface area (Å²) in [5.74, 6) is 3.45. The summed E-state index contributed by atoms with van der Waals surface area (Å²) in [4.78, 5) is 11.5. The van der Waals surface area contributed by atoms with Crippen molar-refractivity contribution in [2.45, 2.75) is 64.4 Å². The minimum absolute atomic E-state index is 0.0951. The topological polar surface area (TPSA) is 44.8 Å². The van der Waals surface area contributed by atoms with Crippen LogP contribution in [-0.4, -0.2) is 26.3 Å². The minimum atomic E-state index is -0.134. The summed E-state index contributed by atoms with van der Waals surface area (Å²) in [7, 11) is 3.42. The average molecular weight is 358 g/mol. The summed E-state index contributed by atoms with van der Waals surface area (Å²) in [6.45, 7) is 3.90. The lowest BCUT2D eigenvalue weighted by Gasteiger charge is -2.50. The highest BCUT2D eigenvalue weighted by molar-refractivity contribution is 5.66. The van der Waals surface area contributed by atoms with Crippen LogP contribution in [0.3, 0.4) is 0 Å². The van der Waals surface area contributed by atoms with E-state index < -0.39 is 0 Å². The van der Waals surface area contributed by atoms with Crippen LogP contribution in [0.2, 0.25) is 0 Å². The first-order valence-electron chi connectivity index (χ1n) is 9.90. The Hall–Kier alpha value is -1.71. The summed E-state index contributed by atoms with van der Waals surface area (Å²) in [5, 5.41) is 0. The van der Waals surface area contributed by atoms with E-state index in [9.17, 15) is 4.79 Å². The van der Waals surface area contributed by atoms with Gasteiger partial charge in [-0.05, 0) is 79.5 Å². The number of methoxy groups -OCH3 is 2. The largest absolute Gasteiger partial charge is 0.493 e. The number of esters is 1. The van der Waals surface area contributed by atoms with Gasteiger partial charge in [-0.15, -0.1) is 0 Å². The maximum atomic E-state index is 11.5. The Morgan fingerprint density at radius 2 is 1.81 bits per heavy atom. The van der Waals surface area contributed by atoms with Gasteiger partial charge in [0, 0.05) is 12.3 Å². The molecule has 1 aromatic rings. The van der Waals surface area contributed by atoms with E-state index in [-0.39, 0.29) is 17.5 Å². The van der Waals surface area contributed by atoms with Crippen LogP contribution in [0.5, 0.6) is 11.5 Å². The fraction of sp³-hybridized carbons (Fsp3) is 0.682. The molecule has 0 amide bonds. The maximum Gasteiger partial charge on any atom is 0.302 e. The van der Waals surface area contributed by atoms with E-state index in [1.807, 2.05) is 0 Å². The van der Waals surface area contributed by atoms with Gasteiger partial charge in [0.25, 0.3) is 0 Å². The Morgan fingerprint density at radius 3 is 2.50 bits per heavy atom. The molecule has 5 atom stereocenters. The fourth-order valence-corrected chi connectivity index (χ4v) is 6.24. The number of aryl methyl sites for hydroxylation is 1.